The fourth-order valence-electron chi connectivity index (χ4n) is 2.63. The molecule has 1 aromatic heterocycles. The van der Waals surface area contributed by atoms with E-state index in [1.807, 2.05) is 28.9 Å². The molecular formula is C16H22N4O3. The number of aromatic nitrogens is 3. The quantitative estimate of drug-likeness (QED) is 0.779. The Morgan fingerprint density at radius 1 is 1.35 bits per heavy atom. The predicted molar refractivity (Wildman–Crippen MR) is 84.6 cm³/mol. The molecule has 1 aromatic carbocycles. The molecule has 0 saturated heterocycles. The van der Waals surface area contributed by atoms with Crippen molar-refractivity contribution >= 4 is 0 Å². The average Bonchev–Trinajstić information content (AvgIpc) is 3.06. The molecule has 7 heteroatoms. The van der Waals surface area contributed by atoms with Gasteiger partial charge in [0.15, 0.2) is 0 Å². The highest BCUT2D eigenvalue weighted by atomic mass is 16.5. The van der Waals surface area contributed by atoms with Crippen molar-refractivity contribution in [2.24, 2.45) is 0 Å². The summed E-state index contributed by atoms with van der Waals surface area (Å²) in [5.74, 6) is 2.53. The highest BCUT2D eigenvalue weighted by molar-refractivity contribution is 5.31. The van der Waals surface area contributed by atoms with Crippen molar-refractivity contribution in [3.05, 3.63) is 36.4 Å². The molecule has 7 nitrogen and oxygen atoms in total. The second-order valence-corrected chi connectivity index (χ2v) is 5.64. The van der Waals surface area contributed by atoms with Crippen LogP contribution in [0.1, 0.15) is 12.2 Å². The molecule has 0 unspecified atom stereocenters. The van der Waals surface area contributed by atoms with Gasteiger partial charge < -0.3 is 19.9 Å². The van der Waals surface area contributed by atoms with Crippen molar-refractivity contribution in [2.45, 2.75) is 31.5 Å². The Balaban J connectivity index is 1.39. The number of benzene rings is 1. The number of hydrogen-bond acceptors (Lipinski definition) is 6. The van der Waals surface area contributed by atoms with E-state index in [0.717, 1.165) is 36.7 Å². The van der Waals surface area contributed by atoms with Gasteiger partial charge in [0.25, 0.3) is 0 Å². The van der Waals surface area contributed by atoms with Gasteiger partial charge >= 0.3 is 0 Å². The van der Waals surface area contributed by atoms with Gasteiger partial charge in [0.1, 0.15) is 36.4 Å². The zero-order chi connectivity index (χ0) is 16.1. The van der Waals surface area contributed by atoms with E-state index in [1.54, 1.807) is 13.4 Å². The van der Waals surface area contributed by atoms with Crippen LogP contribution in [0.4, 0.5) is 0 Å². The van der Waals surface area contributed by atoms with Crippen LogP contribution >= 0.6 is 0 Å². The fourth-order valence-corrected chi connectivity index (χ4v) is 2.63. The molecule has 1 aliphatic heterocycles. The third-order valence-electron chi connectivity index (χ3n) is 3.95. The number of hydrogen-bond donors (Lipinski definition) is 2. The zero-order valence-electron chi connectivity index (χ0n) is 13.2. The van der Waals surface area contributed by atoms with E-state index in [9.17, 15) is 5.11 Å². The monoisotopic (exact) mass is 318 g/mol. The molecule has 0 amide bonds. The van der Waals surface area contributed by atoms with E-state index >= 15 is 0 Å². The molecule has 23 heavy (non-hydrogen) atoms. The van der Waals surface area contributed by atoms with Crippen molar-refractivity contribution in [1.82, 2.24) is 20.1 Å². The predicted octanol–water partition coefficient (Wildman–Crippen LogP) is 0.631. The van der Waals surface area contributed by atoms with Crippen molar-refractivity contribution in [1.29, 1.82) is 0 Å². The van der Waals surface area contributed by atoms with Crippen molar-refractivity contribution in [3.63, 3.8) is 0 Å². The summed E-state index contributed by atoms with van der Waals surface area (Å²) in [6, 6.07) is 7.62. The normalized spacial score (nSPS) is 18.3. The van der Waals surface area contributed by atoms with Gasteiger partial charge in [-0.1, -0.05) is 0 Å². The minimum absolute atomic E-state index is 0.251. The van der Waals surface area contributed by atoms with Gasteiger partial charge in [-0.2, -0.15) is 5.10 Å². The van der Waals surface area contributed by atoms with Crippen molar-refractivity contribution < 1.29 is 14.6 Å². The SMILES string of the molecule is COc1ccc(OC[C@H](O)CN[C@H]2CCc3ncnn3C2)cc1. The van der Waals surface area contributed by atoms with Gasteiger partial charge in [-0.3, -0.25) is 0 Å². The Labute approximate surface area is 135 Å². The number of methoxy groups -OCH3 is 1. The van der Waals surface area contributed by atoms with Crippen LogP contribution in [0.3, 0.4) is 0 Å². The number of rotatable bonds is 7. The topological polar surface area (TPSA) is 81.4 Å². The van der Waals surface area contributed by atoms with Crippen LogP contribution < -0.4 is 14.8 Å². The lowest BCUT2D eigenvalue weighted by Gasteiger charge is -2.24. The minimum Gasteiger partial charge on any atom is -0.497 e. The summed E-state index contributed by atoms with van der Waals surface area (Å²) in [5.41, 5.74) is 0. The summed E-state index contributed by atoms with van der Waals surface area (Å²) in [7, 11) is 1.62. The number of fused-ring (bicyclic) bond motifs is 1. The Morgan fingerprint density at radius 2 is 2.13 bits per heavy atom. The maximum atomic E-state index is 10.1. The summed E-state index contributed by atoms with van der Waals surface area (Å²) in [6.07, 6.45) is 2.95. The summed E-state index contributed by atoms with van der Waals surface area (Å²) < 4.78 is 12.6. The Bertz CT molecular complexity index is 614. The number of nitrogens with zero attached hydrogens (tertiary/aromatic N) is 3. The van der Waals surface area contributed by atoms with Crippen molar-refractivity contribution in [3.8, 4) is 11.5 Å². The molecule has 0 saturated carbocycles. The van der Waals surface area contributed by atoms with Gasteiger partial charge in [0.05, 0.1) is 13.7 Å². The van der Waals surface area contributed by atoms with E-state index < -0.39 is 6.10 Å². The first kappa shape index (κ1) is 15.8. The molecule has 0 spiro atoms. The standard InChI is InChI=1S/C16H22N4O3/c1-22-14-3-5-15(6-4-14)23-10-13(21)8-17-12-2-7-16-18-11-19-20(16)9-12/h3-6,11-13,17,21H,2,7-10H2,1H3/t12-,13+/m0/s1. The van der Waals surface area contributed by atoms with Crippen LogP contribution in [-0.2, 0) is 13.0 Å². The molecule has 2 heterocycles. The van der Waals surface area contributed by atoms with E-state index in [-0.39, 0.29) is 6.61 Å². The van der Waals surface area contributed by atoms with Crippen LogP contribution in [-0.4, -0.2) is 52.3 Å². The van der Waals surface area contributed by atoms with Crippen LogP contribution in [0, 0.1) is 0 Å². The number of nitrogens with one attached hydrogen (secondary N) is 1. The summed E-state index contributed by atoms with van der Waals surface area (Å²) >= 11 is 0. The van der Waals surface area contributed by atoms with Gasteiger partial charge in [0, 0.05) is 19.0 Å². The largest absolute Gasteiger partial charge is 0.497 e. The number of aliphatic hydroxyl groups is 1. The van der Waals surface area contributed by atoms with Gasteiger partial charge in [0.2, 0.25) is 0 Å². The van der Waals surface area contributed by atoms with Crippen molar-refractivity contribution in [2.75, 3.05) is 20.3 Å². The number of ether oxygens (including phenoxy) is 2. The van der Waals surface area contributed by atoms with Gasteiger partial charge in [-0.25, -0.2) is 9.67 Å². The smallest absolute Gasteiger partial charge is 0.138 e. The molecular weight excluding hydrogens is 296 g/mol. The lowest BCUT2D eigenvalue weighted by atomic mass is 10.1. The molecule has 1 aliphatic rings. The highest BCUT2D eigenvalue weighted by Crippen LogP contribution is 2.17. The summed E-state index contributed by atoms with van der Waals surface area (Å²) in [4.78, 5) is 4.21. The Morgan fingerprint density at radius 3 is 2.91 bits per heavy atom. The maximum absolute atomic E-state index is 10.1. The first-order valence-electron chi connectivity index (χ1n) is 7.79. The van der Waals surface area contributed by atoms with E-state index in [4.69, 9.17) is 9.47 Å². The zero-order valence-corrected chi connectivity index (χ0v) is 13.2. The first-order chi connectivity index (χ1) is 11.2. The molecule has 2 aromatic rings. The van der Waals surface area contributed by atoms with Gasteiger partial charge in [-0.15, -0.1) is 0 Å². The summed E-state index contributed by atoms with van der Waals surface area (Å²) in [6.45, 7) is 1.53. The number of aryl methyl sites for hydroxylation is 1. The maximum Gasteiger partial charge on any atom is 0.138 e. The van der Waals surface area contributed by atoms with Crippen LogP contribution in [0.25, 0.3) is 0 Å². The Kier molecular flexibility index (Phi) is 5.09. The molecule has 2 N–H and O–H groups in total. The second-order valence-electron chi connectivity index (χ2n) is 5.64. The van der Waals surface area contributed by atoms with Crippen LogP contribution in [0.2, 0.25) is 0 Å². The van der Waals surface area contributed by atoms with E-state index in [0.29, 0.717) is 12.6 Å². The third-order valence-corrected chi connectivity index (χ3v) is 3.95. The molecule has 0 radical (unpaired) electrons. The minimum atomic E-state index is -0.561. The first-order valence-corrected chi connectivity index (χ1v) is 7.79. The van der Waals surface area contributed by atoms with E-state index in [1.165, 1.54) is 0 Å². The molecule has 0 bridgehead atoms. The third kappa shape index (κ3) is 4.20. The molecule has 0 fully saturated rings. The highest BCUT2D eigenvalue weighted by Gasteiger charge is 2.20. The molecule has 0 aliphatic carbocycles. The second kappa shape index (κ2) is 7.43. The molecule has 124 valence electrons. The lowest BCUT2D eigenvalue weighted by molar-refractivity contribution is 0.101. The molecule has 3 rings (SSSR count). The average molecular weight is 318 g/mol. The van der Waals surface area contributed by atoms with Crippen LogP contribution in [0.5, 0.6) is 11.5 Å². The summed E-state index contributed by atoms with van der Waals surface area (Å²) in [5, 5.41) is 17.6. The van der Waals surface area contributed by atoms with Gasteiger partial charge in [-0.05, 0) is 30.7 Å². The fraction of sp³-hybridized carbons (Fsp3) is 0.500. The van der Waals surface area contributed by atoms with E-state index in [2.05, 4.69) is 15.4 Å². The van der Waals surface area contributed by atoms with Crippen LogP contribution in [0.15, 0.2) is 30.6 Å². The molecule has 2 atom stereocenters. The Hall–Kier alpha value is -2.12. The number of aliphatic hydroxyl groups excluding tert-OH is 1. The lowest BCUT2D eigenvalue weighted by Crippen LogP contribution is -2.42.